The second kappa shape index (κ2) is 10.6. The van der Waals surface area contributed by atoms with E-state index < -0.39 is 0 Å². The van der Waals surface area contributed by atoms with Crippen LogP contribution in [0.15, 0.2) is 170 Å². The van der Waals surface area contributed by atoms with Crippen LogP contribution in [0.4, 0.5) is 0 Å². The van der Waals surface area contributed by atoms with Crippen molar-refractivity contribution in [3.05, 3.63) is 170 Å². The molecule has 10 aromatic rings. The van der Waals surface area contributed by atoms with Crippen LogP contribution in [0.3, 0.4) is 0 Å². The van der Waals surface area contributed by atoms with Gasteiger partial charge in [0.1, 0.15) is 0 Å². The maximum absolute atomic E-state index is 4.84. The molecule has 0 unspecified atom stereocenters. The molecule has 0 aliphatic heterocycles. The number of pyridine rings is 2. The lowest BCUT2D eigenvalue weighted by Gasteiger charge is -2.17. The van der Waals surface area contributed by atoms with Crippen molar-refractivity contribution in [2.75, 3.05) is 0 Å². The van der Waals surface area contributed by atoms with Gasteiger partial charge < -0.3 is 0 Å². The summed E-state index contributed by atoms with van der Waals surface area (Å²) in [5.41, 5.74) is 9.38. The maximum atomic E-state index is 4.84. The minimum absolute atomic E-state index is 1.04. The van der Waals surface area contributed by atoms with E-state index in [0.717, 1.165) is 21.8 Å². The molecule has 0 fully saturated rings. The average molecular weight is 609 g/mol. The maximum Gasteiger partial charge on any atom is 0.0786 e. The highest BCUT2D eigenvalue weighted by Crippen LogP contribution is 2.44. The van der Waals surface area contributed by atoms with Gasteiger partial charge in [-0.25, -0.2) is 0 Å². The Kier molecular flexibility index (Phi) is 5.91. The molecule has 0 spiro atoms. The first kappa shape index (κ1) is 26.8. The summed E-state index contributed by atoms with van der Waals surface area (Å²) in [4.78, 5) is 9.68. The molecule has 0 radical (unpaired) electrons. The number of nitrogens with zero attached hydrogens (tertiary/aromatic N) is 2. The summed E-state index contributed by atoms with van der Waals surface area (Å²) in [6, 6.07) is 57.1. The molecule has 8 aromatic carbocycles. The predicted molar refractivity (Wildman–Crippen MR) is 203 cm³/mol. The van der Waals surface area contributed by atoms with Crippen molar-refractivity contribution in [3.8, 4) is 33.4 Å². The molecule has 2 heteroatoms. The van der Waals surface area contributed by atoms with E-state index in [9.17, 15) is 0 Å². The molecule has 0 saturated heterocycles. The van der Waals surface area contributed by atoms with Crippen LogP contribution >= 0.6 is 0 Å². The zero-order valence-electron chi connectivity index (χ0n) is 26.1. The number of fused-ring (bicyclic) bond motifs is 8. The van der Waals surface area contributed by atoms with E-state index in [4.69, 9.17) is 9.97 Å². The lowest BCUT2D eigenvalue weighted by molar-refractivity contribution is 1.43. The molecule has 222 valence electrons. The van der Waals surface area contributed by atoms with Crippen LogP contribution in [0.1, 0.15) is 0 Å². The SMILES string of the molecule is c1cnc2c(c1)ccc1cccc(-c3ccc(-c4ccc(-c5cccc6ccc7cccnc7c56)c5ccccc45)c4ccccc34)c12. The standard InChI is InChI=1S/C46H28N2/c1-3-15-35-33(13-1)37(23-25-39(35)41-17-5-9-29-19-21-31-11-7-27-47-45(31)43(29)41)38-24-26-40(36-16-4-2-14-34(36)38)42-18-6-10-30-20-22-32-12-8-28-48-46(32)44(30)42/h1-28H. The average Bonchev–Trinajstić information content (AvgIpc) is 3.16. The first-order chi connectivity index (χ1) is 23.8. The van der Waals surface area contributed by atoms with Crippen molar-refractivity contribution < 1.29 is 0 Å². The highest BCUT2D eigenvalue weighted by Gasteiger charge is 2.17. The zero-order valence-corrected chi connectivity index (χ0v) is 26.1. The third kappa shape index (κ3) is 4.00. The Morgan fingerprint density at radius 3 is 1.02 bits per heavy atom. The summed E-state index contributed by atoms with van der Waals surface area (Å²) in [6.07, 6.45) is 3.79. The van der Waals surface area contributed by atoms with Crippen molar-refractivity contribution >= 4 is 64.9 Å². The van der Waals surface area contributed by atoms with E-state index in [2.05, 4.69) is 146 Å². The monoisotopic (exact) mass is 608 g/mol. The molecular formula is C46H28N2. The molecule has 10 rings (SSSR count). The summed E-state index contributed by atoms with van der Waals surface area (Å²) >= 11 is 0. The predicted octanol–water partition coefficient (Wildman–Crippen LogP) is 12.4. The first-order valence-corrected chi connectivity index (χ1v) is 16.4. The van der Waals surface area contributed by atoms with E-state index in [-0.39, 0.29) is 0 Å². The van der Waals surface area contributed by atoms with Gasteiger partial charge in [-0.15, -0.1) is 0 Å². The van der Waals surface area contributed by atoms with Crippen LogP contribution in [0.2, 0.25) is 0 Å². The summed E-state index contributed by atoms with van der Waals surface area (Å²) in [5, 5.41) is 12.0. The summed E-state index contributed by atoms with van der Waals surface area (Å²) in [7, 11) is 0. The van der Waals surface area contributed by atoms with Crippen LogP contribution in [-0.2, 0) is 0 Å². The molecule has 0 saturated carbocycles. The van der Waals surface area contributed by atoms with Crippen LogP contribution < -0.4 is 0 Å². The lowest BCUT2D eigenvalue weighted by Crippen LogP contribution is -1.91. The topological polar surface area (TPSA) is 25.8 Å². The Labute approximate surface area is 277 Å². The van der Waals surface area contributed by atoms with Gasteiger partial charge in [-0.1, -0.05) is 146 Å². The van der Waals surface area contributed by atoms with E-state index >= 15 is 0 Å². The Morgan fingerprint density at radius 1 is 0.250 bits per heavy atom. The Bertz CT molecular complexity index is 2700. The Balaban J connectivity index is 1.22. The quantitative estimate of drug-likeness (QED) is 0.187. The number of hydrogen-bond donors (Lipinski definition) is 0. The molecular weight excluding hydrogens is 581 g/mol. The smallest absolute Gasteiger partial charge is 0.0786 e. The molecule has 0 atom stereocenters. The lowest BCUT2D eigenvalue weighted by atomic mass is 9.86. The van der Waals surface area contributed by atoms with Gasteiger partial charge in [0.25, 0.3) is 0 Å². The third-order valence-corrected chi connectivity index (χ3v) is 9.95. The van der Waals surface area contributed by atoms with Crippen LogP contribution in [0.25, 0.3) is 98.3 Å². The molecule has 2 aromatic heterocycles. The number of aromatic nitrogens is 2. The molecule has 0 bridgehead atoms. The van der Waals surface area contributed by atoms with Crippen molar-refractivity contribution in [2.24, 2.45) is 0 Å². The van der Waals surface area contributed by atoms with Crippen molar-refractivity contribution in [1.82, 2.24) is 9.97 Å². The van der Waals surface area contributed by atoms with Crippen molar-refractivity contribution in [2.45, 2.75) is 0 Å². The van der Waals surface area contributed by atoms with Gasteiger partial charge in [-0.05, 0) is 77.8 Å². The minimum Gasteiger partial charge on any atom is -0.256 e. The van der Waals surface area contributed by atoms with Gasteiger partial charge in [-0.2, -0.15) is 0 Å². The van der Waals surface area contributed by atoms with Gasteiger partial charge >= 0.3 is 0 Å². The molecule has 2 heterocycles. The number of benzene rings is 8. The van der Waals surface area contributed by atoms with Crippen LogP contribution in [0, 0.1) is 0 Å². The Morgan fingerprint density at radius 2 is 0.604 bits per heavy atom. The van der Waals surface area contributed by atoms with E-state index in [1.165, 1.54) is 76.5 Å². The normalized spacial score (nSPS) is 11.8. The molecule has 0 N–H and O–H groups in total. The number of hydrogen-bond acceptors (Lipinski definition) is 2. The van der Waals surface area contributed by atoms with Crippen LogP contribution in [-0.4, -0.2) is 9.97 Å². The van der Waals surface area contributed by atoms with E-state index in [0.29, 0.717) is 0 Å². The van der Waals surface area contributed by atoms with E-state index in [1.807, 2.05) is 24.5 Å². The van der Waals surface area contributed by atoms with Gasteiger partial charge in [0.2, 0.25) is 0 Å². The molecule has 0 aliphatic carbocycles. The van der Waals surface area contributed by atoms with E-state index in [1.54, 1.807) is 0 Å². The summed E-state index contributed by atoms with van der Waals surface area (Å²) in [6.45, 7) is 0. The fourth-order valence-electron chi connectivity index (χ4n) is 7.81. The highest BCUT2D eigenvalue weighted by atomic mass is 14.7. The molecule has 2 nitrogen and oxygen atoms in total. The Hall–Kier alpha value is -6.38. The van der Waals surface area contributed by atoms with Gasteiger partial charge in [0.05, 0.1) is 11.0 Å². The van der Waals surface area contributed by atoms with Gasteiger partial charge in [0.15, 0.2) is 0 Å². The zero-order chi connectivity index (χ0) is 31.6. The fourth-order valence-corrected chi connectivity index (χ4v) is 7.81. The van der Waals surface area contributed by atoms with Gasteiger partial charge in [0, 0.05) is 33.9 Å². The third-order valence-electron chi connectivity index (χ3n) is 9.95. The molecule has 0 aliphatic rings. The van der Waals surface area contributed by atoms with Crippen LogP contribution in [0.5, 0.6) is 0 Å². The first-order valence-electron chi connectivity index (χ1n) is 16.4. The largest absolute Gasteiger partial charge is 0.256 e. The second-order valence-corrected chi connectivity index (χ2v) is 12.5. The summed E-state index contributed by atoms with van der Waals surface area (Å²) < 4.78 is 0. The molecule has 0 amide bonds. The molecule has 48 heavy (non-hydrogen) atoms. The minimum atomic E-state index is 1.04. The fraction of sp³-hybridized carbons (Fsp3) is 0. The van der Waals surface area contributed by atoms with Gasteiger partial charge in [-0.3, -0.25) is 9.97 Å². The number of rotatable bonds is 3. The van der Waals surface area contributed by atoms with Crippen molar-refractivity contribution in [3.63, 3.8) is 0 Å². The second-order valence-electron chi connectivity index (χ2n) is 12.5. The highest BCUT2D eigenvalue weighted by molar-refractivity contribution is 6.19. The van der Waals surface area contributed by atoms with Crippen molar-refractivity contribution in [1.29, 1.82) is 0 Å². The summed E-state index contributed by atoms with van der Waals surface area (Å²) in [5.74, 6) is 0.